The lowest BCUT2D eigenvalue weighted by molar-refractivity contribution is 0.199. The quantitative estimate of drug-likeness (QED) is 0.819. The second-order valence-electron chi connectivity index (χ2n) is 5.49. The maximum Gasteiger partial charge on any atom is 0.0781 e. The number of aliphatic hydroxyl groups excluding tert-OH is 1. The Morgan fingerprint density at radius 2 is 1.72 bits per heavy atom. The predicted molar refractivity (Wildman–Crippen MR) is 77.0 cm³/mol. The van der Waals surface area contributed by atoms with Gasteiger partial charge in [-0.1, -0.05) is 43.9 Å². The molecule has 1 saturated carbocycles. The molecular formula is C16H25NO. The fraction of sp³-hybridized carbons (Fsp3) is 0.625. The van der Waals surface area contributed by atoms with Gasteiger partial charge in [-0.3, -0.25) is 0 Å². The van der Waals surface area contributed by atoms with E-state index in [4.69, 9.17) is 0 Å². The SMILES string of the molecule is C[C@H](O)c1ccccc1N(C)C1CCCCCC1. The van der Waals surface area contributed by atoms with Crippen LogP contribution in [0.2, 0.25) is 0 Å². The van der Waals surface area contributed by atoms with Crippen LogP contribution in [0.25, 0.3) is 0 Å². The molecule has 0 radical (unpaired) electrons. The average Bonchev–Trinajstić information content (AvgIpc) is 2.66. The van der Waals surface area contributed by atoms with Crippen LogP contribution in [-0.4, -0.2) is 18.2 Å². The van der Waals surface area contributed by atoms with Crippen LogP contribution in [0.3, 0.4) is 0 Å². The van der Waals surface area contributed by atoms with Crippen molar-refractivity contribution in [1.29, 1.82) is 0 Å². The van der Waals surface area contributed by atoms with Gasteiger partial charge in [0.1, 0.15) is 0 Å². The van der Waals surface area contributed by atoms with Crippen LogP contribution in [0.1, 0.15) is 57.1 Å². The van der Waals surface area contributed by atoms with E-state index in [1.54, 1.807) is 0 Å². The van der Waals surface area contributed by atoms with Gasteiger partial charge in [-0.2, -0.15) is 0 Å². The number of benzene rings is 1. The summed E-state index contributed by atoms with van der Waals surface area (Å²) >= 11 is 0. The molecule has 1 atom stereocenters. The largest absolute Gasteiger partial charge is 0.389 e. The van der Waals surface area contributed by atoms with Crippen molar-refractivity contribution in [3.8, 4) is 0 Å². The highest BCUT2D eigenvalue weighted by atomic mass is 16.3. The van der Waals surface area contributed by atoms with Crippen molar-refractivity contribution in [2.45, 2.75) is 57.6 Å². The summed E-state index contributed by atoms with van der Waals surface area (Å²) in [5.41, 5.74) is 2.24. The molecule has 1 N–H and O–H groups in total. The van der Waals surface area contributed by atoms with E-state index in [2.05, 4.69) is 24.1 Å². The summed E-state index contributed by atoms with van der Waals surface area (Å²) in [6.45, 7) is 1.85. The first-order valence-electron chi connectivity index (χ1n) is 7.20. The first kappa shape index (κ1) is 13.4. The minimum atomic E-state index is -0.394. The van der Waals surface area contributed by atoms with Gasteiger partial charge < -0.3 is 10.0 Å². The summed E-state index contributed by atoms with van der Waals surface area (Å²) in [5.74, 6) is 0. The van der Waals surface area contributed by atoms with Crippen molar-refractivity contribution in [2.24, 2.45) is 0 Å². The third kappa shape index (κ3) is 3.05. The molecule has 1 aliphatic carbocycles. The zero-order chi connectivity index (χ0) is 13.0. The molecule has 0 bridgehead atoms. The van der Waals surface area contributed by atoms with E-state index in [1.165, 1.54) is 44.2 Å². The second-order valence-corrected chi connectivity index (χ2v) is 5.49. The molecule has 0 aromatic heterocycles. The van der Waals surface area contributed by atoms with Crippen LogP contribution in [0.4, 0.5) is 5.69 Å². The molecule has 1 aromatic rings. The van der Waals surface area contributed by atoms with Crippen molar-refractivity contribution in [1.82, 2.24) is 0 Å². The van der Waals surface area contributed by atoms with E-state index in [9.17, 15) is 5.11 Å². The minimum absolute atomic E-state index is 0.394. The monoisotopic (exact) mass is 247 g/mol. The van der Waals surface area contributed by atoms with Crippen LogP contribution in [0.15, 0.2) is 24.3 Å². The van der Waals surface area contributed by atoms with Crippen molar-refractivity contribution < 1.29 is 5.11 Å². The zero-order valence-electron chi connectivity index (χ0n) is 11.6. The Morgan fingerprint density at radius 3 is 2.33 bits per heavy atom. The number of hydrogen-bond acceptors (Lipinski definition) is 2. The molecule has 1 aliphatic rings. The smallest absolute Gasteiger partial charge is 0.0781 e. The summed E-state index contributed by atoms with van der Waals surface area (Å²) in [4.78, 5) is 2.38. The normalized spacial score (nSPS) is 19.3. The molecule has 0 heterocycles. The van der Waals surface area contributed by atoms with Crippen molar-refractivity contribution in [3.05, 3.63) is 29.8 Å². The summed E-state index contributed by atoms with van der Waals surface area (Å²) < 4.78 is 0. The summed E-state index contributed by atoms with van der Waals surface area (Å²) in [6, 6.07) is 8.87. The van der Waals surface area contributed by atoms with E-state index in [-0.39, 0.29) is 0 Å². The molecule has 0 unspecified atom stereocenters. The van der Waals surface area contributed by atoms with Crippen molar-refractivity contribution in [2.75, 3.05) is 11.9 Å². The molecule has 1 aromatic carbocycles. The third-order valence-corrected chi connectivity index (χ3v) is 4.14. The summed E-state index contributed by atoms with van der Waals surface area (Å²) in [7, 11) is 2.18. The van der Waals surface area contributed by atoms with Gasteiger partial charge in [0.15, 0.2) is 0 Å². The molecule has 2 nitrogen and oxygen atoms in total. The van der Waals surface area contributed by atoms with Gasteiger partial charge in [0.05, 0.1) is 6.10 Å². The molecule has 0 saturated heterocycles. The van der Waals surface area contributed by atoms with Crippen LogP contribution in [0.5, 0.6) is 0 Å². The van der Waals surface area contributed by atoms with Crippen LogP contribution >= 0.6 is 0 Å². The van der Waals surface area contributed by atoms with Crippen molar-refractivity contribution in [3.63, 3.8) is 0 Å². The minimum Gasteiger partial charge on any atom is -0.389 e. The predicted octanol–water partition coefficient (Wildman–Crippen LogP) is 3.90. The van der Waals surface area contributed by atoms with Gasteiger partial charge in [-0.05, 0) is 25.8 Å². The van der Waals surface area contributed by atoms with E-state index < -0.39 is 6.10 Å². The number of aliphatic hydroxyl groups is 1. The molecule has 0 amide bonds. The first-order valence-corrected chi connectivity index (χ1v) is 7.20. The fourth-order valence-electron chi connectivity index (χ4n) is 3.00. The van der Waals surface area contributed by atoms with E-state index in [1.807, 2.05) is 19.1 Å². The average molecular weight is 247 g/mol. The molecule has 100 valence electrons. The Bertz CT molecular complexity index is 367. The van der Waals surface area contributed by atoms with E-state index >= 15 is 0 Å². The first-order chi connectivity index (χ1) is 8.70. The van der Waals surface area contributed by atoms with E-state index in [0.29, 0.717) is 6.04 Å². The van der Waals surface area contributed by atoms with Gasteiger partial charge >= 0.3 is 0 Å². The topological polar surface area (TPSA) is 23.5 Å². The van der Waals surface area contributed by atoms with Crippen LogP contribution < -0.4 is 4.90 Å². The van der Waals surface area contributed by atoms with Gasteiger partial charge in [0.25, 0.3) is 0 Å². The van der Waals surface area contributed by atoms with Gasteiger partial charge in [-0.15, -0.1) is 0 Å². The Balaban J connectivity index is 2.19. The lowest BCUT2D eigenvalue weighted by atomic mass is 10.0. The molecule has 1 fully saturated rings. The maximum atomic E-state index is 9.88. The van der Waals surface area contributed by atoms with E-state index in [0.717, 1.165) is 5.56 Å². The molecule has 2 heteroatoms. The Hall–Kier alpha value is -1.02. The number of anilines is 1. The van der Waals surface area contributed by atoms with Gasteiger partial charge in [-0.25, -0.2) is 0 Å². The molecule has 0 spiro atoms. The third-order valence-electron chi connectivity index (χ3n) is 4.14. The fourth-order valence-corrected chi connectivity index (χ4v) is 3.00. The number of para-hydroxylation sites is 1. The van der Waals surface area contributed by atoms with Gasteiger partial charge in [0, 0.05) is 24.3 Å². The summed E-state index contributed by atoms with van der Waals surface area (Å²) in [6.07, 6.45) is 7.60. The lowest BCUT2D eigenvalue weighted by Crippen LogP contribution is -2.32. The highest BCUT2D eigenvalue weighted by Crippen LogP contribution is 2.30. The van der Waals surface area contributed by atoms with Crippen LogP contribution in [0, 0.1) is 0 Å². The molecule has 2 rings (SSSR count). The Labute approximate surface area is 111 Å². The standard InChI is InChI=1S/C16H25NO/c1-13(18)15-11-7-8-12-16(15)17(2)14-9-5-3-4-6-10-14/h7-8,11-14,18H,3-6,9-10H2,1-2H3/t13-/m0/s1. The van der Waals surface area contributed by atoms with Crippen LogP contribution in [-0.2, 0) is 0 Å². The molecule has 18 heavy (non-hydrogen) atoms. The van der Waals surface area contributed by atoms with Crippen molar-refractivity contribution >= 4 is 5.69 Å². The number of hydrogen-bond donors (Lipinski definition) is 1. The number of nitrogens with zero attached hydrogens (tertiary/aromatic N) is 1. The summed E-state index contributed by atoms with van der Waals surface area (Å²) in [5, 5.41) is 9.88. The molecular weight excluding hydrogens is 222 g/mol. The highest BCUT2D eigenvalue weighted by molar-refractivity contribution is 5.54. The number of rotatable bonds is 3. The second kappa shape index (κ2) is 6.24. The Kier molecular flexibility index (Phi) is 4.65. The zero-order valence-corrected chi connectivity index (χ0v) is 11.6. The maximum absolute atomic E-state index is 9.88. The highest BCUT2D eigenvalue weighted by Gasteiger charge is 2.20. The molecule has 0 aliphatic heterocycles. The van der Waals surface area contributed by atoms with Gasteiger partial charge in [0.2, 0.25) is 0 Å². The Morgan fingerprint density at radius 1 is 1.11 bits per heavy atom. The lowest BCUT2D eigenvalue weighted by Gasteiger charge is -2.31.